The molecule has 0 bridgehead atoms. The van der Waals surface area contributed by atoms with Crippen LogP contribution in [0, 0.1) is 0 Å². The van der Waals surface area contributed by atoms with E-state index in [2.05, 4.69) is 19.2 Å². The van der Waals surface area contributed by atoms with Gasteiger partial charge in [-0.25, -0.2) is 0 Å². The van der Waals surface area contributed by atoms with Gasteiger partial charge in [0.1, 0.15) is 25.2 Å². The van der Waals surface area contributed by atoms with Crippen LogP contribution in [0.1, 0.15) is 23.3 Å². The zero-order valence-corrected chi connectivity index (χ0v) is 15.6. The van der Waals surface area contributed by atoms with Crippen molar-refractivity contribution in [3.05, 3.63) is 71.8 Å². The molecule has 2 atom stereocenters. The van der Waals surface area contributed by atoms with E-state index in [1.165, 1.54) is 5.56 Å². The molecule has 3 nitrogen and oxygen atoms in total. The molecule has 0 aromatic heterocycles. The summed E-state index contributed by atoms with van der Waals surface area (Å²) in [7, 11) is 2.23. The number of aliphatic hydroxyl groups is 1. The van der Waals surface area contributed by atoms with Crippen LogP contribution in [-0.4, -0.2) is 42.9 Å². The molecule has 2 unspecified atom stereocenters. The van der Waals surface area contributed by atoms with E-state index in [9.17, 15) is 5.11 Å². The Hall–Kier alpha value is -0.950. The van der Waals surface area contributed by atoms with E-state index in [0.717, 1.165) is 36.3 Å². The van der Waals surface area contributed by atoms with Gasteiger partial charge >= 0.3 is 0 Å². The van der Waals surface area contributed by atoms with E-state index in [0.29, 0.717) is 0 Å². The van der Waals surface area contributed by atoms with Crippen LogP contribution in [0.2, 0.25) is 0 Å². The second kappa shape index (κ2) is 8.24. The lowest BCUT2D eigenvalue weighted by atomic mass is 9.92. The molecule has 0 saturated carbocycles. The van der Waals surface area contributed by atoms with E-state index < -0.39 is 6.10 Å². The number of ether oxygens (including phenoxy) is 1. The standard InChI is InChI=1S/C19H24NO2.HI/c1-20(12-14-22-15-13-20)18(16-8-4-2-5-9-16)19(21)17-10-6-3-7-11-17;/h2-11,18-19,21H,12-15H2,1H3;1H/q+1;/p-1. The van der Waals surface area contributed by atoms with Gasteiger partial charge in [0.2, 0.25) is 0 Å². The fraction of sp³-hybridized carbons (Fsp3) is 0.368. The molecule has 1 aliphatic heterocycles. The largest absolute Gasteiger partial charge is 1.00 e. The molecule has 1 fully saturated rings. The number of likely N-dealkylation sites (N-methyl/N-ethyl adjacent to an activating group) is 1. The molecule has 0 radical (unpaired) electrons. The van der Waals surface area contributed by atoms with Crippen molar-refractivity contribution in [3.8, 4) is 0 Å². The van der Waals surface area contributed by atoms with Crippen LogP contribution in [0.5, 0.6) is 0 Å². The minimum atomic E-state index is -0.522. The van der Waals surface area contributed by atoms with Gasteiger partial charge < -0.3 is 38.3 Å². The van der Waals surface area contributed by atoms with E-state index in [1.807, 2.05) is 48.5 Å². The summed E-state index contributed by atoms with van der Waals surface area (Å²) in [6, 6.07) is 20.4. The normalized spacial score (nSPS) is 19.4. The molecular weight excluding hydrogens is 401 g/mol. The lowest BCUT2D eigenvalue weighted by Gasteiger charge is -2.45. The maximum atomic E-state index is 11.1. The fourth-order valence-corrected chi connectivity index (χ4v) is 3.40. The maximum Gasteiger partial charge on any atom is 0.145 e. The fourth-order valence-electron chi connectivity index (χ4n) is 3.40. The van der Waals surface area contributed by atoms with Crippen LogP contribution < -0.4 is 24.0 Å². The number of quaternary nitrogens is 1. The SMILES string of the molecule is C[N+]1(C(c2ccccc2)C(O)c2ccccc2)CCOCC1.[I-]. The van der Waals surface area contributed by atoms with Crippen LogP contribution >= 0.6 is 0 Å². The van der Waals surface area contributed by atoms with Crippen LogP contribution in [0.25, 0.3) is 0 Å². The Morgan fingerprint density at radius 3 is 1.87 bits per heavy atom. The van der Waals surface area contributed by atoms with Crippen LogP contribution in [-0.2, 0) is 4.74 Å². The first kappa shape index (κ1) is 18.4. The molecule has 2 aromatic rings. The van der Waals surface area contributed by atoms with Crippen molar-refractivity contribution in [2.75, 3.05) is 33.4 Å². The number of aliphatic hydroxyl groups excluding tert-OH is 1. The first-order valence-electron chi connectivity index (χ1n) is 7.91. The summed E-state index contributed by atoms with van der Waals surface area (Å²) < 4.78 is 6.34. The molecule has 3 rings (SSSR count). The summed E-state index contributed by atoms with van der Waals surface area (Å²) in [6.07, 6.45) is -0.522. The van der Waals surface area contributed by atoms with E-state index in [4.69, 9.17) is 4.74 Å². The van der Waals surface area contributed by atoms with Crippen molar-refractivity contribution in [2.45, 2.75) is 12.1 Å². The van der Waals surface area contributed by atoms with Crippen molar-refractivity contribution in [1.82, 2.24) is 0 Å². The van der Waals surface area contributed by atoms with E-state index in [-0.39, 0.29) is 30.0 Å². The first-order chi connectivity index (χ1) is 10.7. The van der Waals surface area contributed by atoms with Gasteiger partial charge in [0.25, 0.3) is 0 Å². The molecule has 1 heterocycles. The molecule has 4 heteroatoms. The van der Waals surface area contributed by atoms with Gasteiger partial charge in [0.15, 0.2) is 0 Å². The molecule has 23 heavy (non-hydrogen) atoms. The lowest BCUT2D eigenvalue weighted by Crippen LogP contribution is -3.00. The molecule has 0 amide bonds. The van der Waals surface area contributed by atoms with Crippen molar-refractivity contribution in [3.63, 3.8) is 0 Å². The molecule has 124 valence electrons. The summed E-state index contributed by atoms with van der Waals surface area (Å²) in [5, 5.41) is 11.1. The summed E-state index contributed by atoms with van der Waals surface area (Å²) >= 11 is 0. The van der Waals surface area contributed by atoms with E-state index >= 15 is 0 Å². The van der Waals surface area contributed by atoms with Crippen molar-refractivity contribution in [2.24, 2.45) is 0 Å². The summed E-state index contributed by atoms with van der Waals surface area (Å²) in [4.78, 5) is 0. The Morgan fingerprint density at radius 2 is 1.35 bits per heavy atom. The second-order valence-corrected chi connectivity index (χ2v) is 6.25. The third-order valence-corrected chi connectivity index (χ3v) is 4.75. The predicted molar refractivity (Wildman–Crippen MR) is 87.3 cm³/mol. The van der Waals surface area contributed by atoms with Gasteiger partial charge in [0.05, 0.1) is 20.3 Å². The highest BCUT2D eigenvalue weighted by atomic mass is 127. The second-order valence-electron chi connectivity index (χ2n) is 6.25. The first-order valence-corrected chi connectivity index (χ1v) is 7.91. The third-order valence-electron chi connectivity index (χ3n) is 4.75. The number of hydrogen-bond acceptors (Lipinski definition) is 2. The highest BCUT2D eigenvalue weighted by Gasteiger charge is 2.41. The highest BCUT2D eigenvalue weighted by Crippen LogP contribution is 2.38. The predicted octanol–water partition coefficient (Wildman–Crippen LogP) is -0.0579. The third kappa shape index (κ3) is 4.12. The zero-order chi connectivity index (χ0) is 15.4. The van der Waals surface area contributed by atoms with Crippen LogP contribution in [0.4, 0.5) is 0 Å². The molecule has 0 aliphatic carbocycles. The number of hydrogen-bond donors (Lipinski definition) is 1. The van der Waals surface area contributed by atoms with Gasteiger partial charge in [-0.05, 0) is 5.56 Å². The lowest BCUT2D eigenvalue weighted by molar-refractivity contribution is -0.950. The van der Waals surface area contributed by atoms with Gasteiger partial charge in [-0.3, -0.25) is 0 Å². The topological polar surface area (TPSA) is 29.5 Å². The molecule has 0 spiro atoms. The van der Waals surface area contributed by atoms with Crippen LogP contribution in [0.3, 0.4) is 0 Å². The molecular formula is C19H24INO2. The van der Waals surface area contributed by atoms with Crippen molar-refractivity contribution >= 4 is 0 Å². The molecule has 1 aliphatic rings. The Morgan fingerprint density at radius 1 is 0.870 bits per heavy atom. The quantitative estimate of drug-likeness (QED) is 0.550. The van der Waals surface area contributed by atoms with Gasteiger partial charge in [-0.15, -0.1) is 0 Å². The average Bonchev–Trinajstić information content (AvgIpc) is 2.57. The summed E-state index contributed by atoms with van der Waals surface area (Å²) in [5.41, 5.74) is 2.16. The van der Waals surface area contributed by atoms with Gasteiger partial charge in [0, 0.05) is 5.56 Å². The average molecular weight is 425 g/mol. The summed E-state index contributed by atoms with van der Waals surface area (Å²) in [6.45, 7) is 3.34. The molecule has 1 saturated heterocycles. The Balaban J connectivity index is 0.00000192. The number of nitrogens with zero attached hydrogens (tertiary/aromatic N) is 1. The molecule has 2 aromatic carbocycles. The Labute approximate surface area is 155 Å². The molecule has 1 N–H and O–H groups in total. The number of morpholine rings is 1. The van der Waals surface area contributed by atoms with Crippen molar-refractivity contribution < 1.29 is 38.3 Å². The number of halogens is 1. The number of benzene rings is 2. The number of rotatable bonds is 4. The highest BCUT2D eigenvalue weighted by molar-refractivity contribution is 5.25. The Kier molecular flexibility index (Phi) is 6.59. The summed E-state index contributed by atoms with van der Waals surface area (Å²) in [5.74, 6) is 0. The minimum Gasteiger partial charge on any atom is -1.00 e. The smallest absolute Gasteiger partial charge is 0.145 e. The van der Waals surface area contributed by atoms with Crippen LogP contribution in [0.15, 0.2) is 60.7 Å². The Bertz CT molecular complexity index is 585. The van der Waals surface area contributed by atoms with Gasteiger partial charge in [-0.1, -0.05) is 60.7 Å². The monoisotopic (exact) mass is 425 g/mol. The zero-order valence-electron chi connectivity index (χ0n) is 13.4. The van der Waals surface area contributed by atoms with Gasteiger partial charge in [-0.2, -0.15) is 0 Å². The minimum absolute atomic E-state index is 0. The van der Waals surface area contributed by atoms with Crippen molar-refractivity contribution in [1.29, 1.82) is 0 Å². The van der Waals surface area contributed by atoms with E-state index in [1.54, 1.807) is 0 Å². The maximum absolute atomic E-state index is 11.1.